The van der Waals surface area contributed by atoms with Crippen LogP contribution in [0.15, 0.2) is 78.4 Å². The average molecular weight is 444 g/mol. The molecule has 4 atom stereocenters. The van der Waals surface area contributed by atoms with Crippen LogP contribution in [0.5, 0.6) is 0 Å². The Morgan fingerprint density at radius 3 is 2.67 bits per heavy atom. The fraction of sp³-hybridized carbons (Fsp3) is 0.484. The maximum Gasteiger partial charge on any atom is 0.0611 e. The van der Waals surface area contributed by atoms with E-state index in [9.17, 15) is 5.11 Å². The minimum atomic E-state index is -0.163. The Hall–Kier alpha value is -2.16. The lowest BCUT2D eigenvalue weighted by atomic mass is 9.88. The quantitative estimate of drug-likeness (QED) is 0.280. The summed E-state index contributed by atoms with van der Waals surface area (Å²) < 4.78 is 0. The highest BCUT2D eigenvalue weighted by molar-refractivity contribution is 5.23. The van der Waals surface area contributed by atoms with Crippen molar-refractivity contribution in [3.05, 3.63) is 95.1 Å². The number of aliphatic hydroxyl groups excluding tert-OH is 1. The Bertz CT molecular complexity index is 916. The van der Waals surface area contributed by atoms with E-state index in [1.54, 1.807) is 5.57 Å². The van der Waals surface area contributed by atoms with Crippen LogP contribution in [0.1, 0.15) is 61.6 Å². The molecule has 2 nitrogen and oxygen atoms in total. The molecule has 0 aliphatic heterocycles. The molecule has 2 aromatic carbocycles. The average Bonchev–Trinajstić information content (AvgIpc) is 3.33. The van der Waals surface area contributed by atoms with Crippen molar-refractivity contribution in [2.75, 3.05) is 6.54 Å². The normalized spacial score (nSPS) is 24.4. The Morgan fingerprint density at radius 1 is 0.970 bits per heavy atom. The van der Waals surface area contributed by atoms with Gasteiger partial charge in [0, 0.05) is 12.5 Å². The molecule has 33 heavy (non-hydrogen) atoms. The Morgan fingerprint density at radius 2 is 1.82 bits per heavy atom. The number of hydrogen-bond donors (Lipinski definition) is 2. The Kier molecular flexibility index (Phi) is 8.97. The molecule has 2 aliphatic carbocycles. The summed E-state index contributed by atoms with van der Waals surface area (Å²) in [6.45, 7) is 4.22. The van der Waals surface area contributed by atoms with Crippen LogP contribution in [0, 0.1) is 24.7 Å². The molecule has 0 aromatic heterocycles. The van der Waals surface area contributed by atoms with Crippen LogP contribution in [-0.4, -0.2) is 17.8 Å². The molecule has 0 bridgehead atoms. The van der Waals surface area contributed by atoms with Crippen molar-refractivity contribution in [2.45, 2.75) is 70.9 Å². The van der Waals surface area contributed by atoms with E-state index in [-0.39, 0.29) is 6.10 Å². The summed E-state index contributed by atoms with van der Waals surface area (Å²) in [7, 11) is 0. The summed E-state index contributed by atoms with van der Waals surface area (Å²) in [6.07, 6.45) is 16.4. The van der Waals surface area contributed by atoms with Gasteiger partial charge in [-0.3, -0.25) is 0 Å². The topological polar surface area (TPSA) is 32.3 Å². The third-order valence-corrected chi connectivity index (χ3v) is 7.51. The van der Waals surface area contributed by atoms with E-state index in [0.717, 1.165) is 32.4 Å². The maximum atomic E-state index is 10.6. The second kappa shape index (κ2) is 12.3. The molecule has 0 amide bonds. The van der Waals surface area contributed by atoms with Crippen molar-refractivity contribution in [1.82, 2.24) is 5.32 Å². The lowest BCUT2D eigenvalue weighted by molar-refractivity contribution is 0.141. The van der Waals surface area contributed by atoms with Crippen LogP contribution in [0.3, 0.4) is 0 Å². The largest absolute Gasteiger partial charge is 0.392 e. The molecule has 176 valence electrons. The predicted molar refractivity (Wildman–Crippen MR) is 139 cm³/mol. The molecule has 0 radical (unpaired) electrons. The SMILES string of the molecule is Cc1cccc(CCC=C[C@@H]2[C@H]3CC(CCCCCNCc4ccccc4)=C[C@H]3C[C@H]2O)c1. The zero-order chi connectivity index (χ0) is 22.9. The van der Waals surface area contributed by atoms with Gasteiger partial charge < -0.3 is 10.4 Å². The van der Waals surface area contributed by atoms with Gasteiger partial charge in [-0.05, 0) is 81.4 Å². The highest BCUT2D eigenvalue weighted by atomic mass is 16.3. The second-order valence-corrected chi connectivity index (χ2v) is 10.2. The molecular weight excluding hydrogens is 402 g/mol. The fourth-order valence-electron chi connectivity index (χ4n) is 5.77. The van der Waals surface area contributed by atoms with Gasteiger partial charge in [-0.1, -0.05) is 90.4 Å². The molecule has 0 saturated heterocycles. The number of benzene rings is 2. The highest BCUT2D eigenvalue weighted by Gasteiger charge is 2.42. The van der Waals surface area contributed by atoms with Gasteiger partial charge in [-0.15, -0.1) is 0 Å². The molecule has 2 heteroatoms. The number of aliphatic hydroxyl groups is 1. The summed E-state index contributed by atoms with van der Waals surface area (Å²) in [5.74, 6) is 1.55. The van der Waals surface area contributed by atoms with E-state index in [1.807, 2.05) is 0 Å². The number of rotatable bonds is 12. The van der Waals surface area contributed by atoms with E-state index < -0.39 is 0 Å². The molecule has 1 fully saturated rings. The zero-order valence-corrected chi connectivity index (χ0v) is 20.3. The second-order valence-electron chi connectivity index (χ2n) is 10.2. The van der Waals surface area contributed by atoms with Gasteiger partial charge in [0.15, 0.2) is 0 Å². The van der Waals surface area contributed by atoms with Crippen LogP contribution < -0.4 is 5.32 Å². The van der Waals surface area contributed by atoms with Crippen LogP contribution >= 0.6 is 0 Å². The number of fused-ring (bicyclic) bond motifs is 1. The number of allylic oxidation sites excluding steroid dienone is 3. The summed E-state index contributed by atoms with van der Waals surface area (Å²) in [6, 6.07) is 19.4. The number of nitrogens with one attached hydrogen (secondary N) is 1. The van der Waals surface area contributed by atoms with E-state index in [1.165, 1.54) is 48.8 Å². The molecule has 0 spiro atoms. The monoisotopic (exact) mass is 443 g/mol. The van der Waals surface area contributed by atoms with Crippen molar-refractivity contribution in [2.24, 2.45) is 17.8 Å². The van der Waals surface area contributed by atoms with Gasteiger partial charge >= 0.3 is 0 Å². The first-order valence-electron chi connectivity index (χ1n) is 13.0. The predicted octanol–water partition coefficient (Wildman–Crippen LogP) is 6.78. The summed E-state index contributed by atoms with van der Waals surface area (Å²) in [5.41, 5.74) is 5.75. The van der Waals surface area contributed by atoms with Gasteiger partial charge in [0.25, 0.3) is 0 Å². The number of aryl methyl sites for hydroxylation is 2. The number of unbranched alkanes of at least 4 members (excludes halogenated alkanes) is 2. The lowest BCUT2D eigenvalue weighted by Gasteiger charge is -2.18. The van der Waals surface area contributed by atoms with Crippen LogP contribution in [0.4, 0.5) is 0 Å². The minimum absolute atomic E-state index is 0.163. The van der Waals surface area contributed by atoms with Gasteiger partial charge in [0.2, 0.25) is 0 Å². The first-order chi connectivity index (χ1) is 16.2. The van der Waals surface area contributed by atoms with E-state index in [0.29, 0.717) is 17.8 Å². The Balaban J connectivity index is 1.12. The highest BCUT2D eigenvalue weighted by Crippen LogP contribution is 2.48. The first kappa shape index (κ1) is 24.0. The standard InChI is InChI=1S/C31H41NO/c1-24-11-10-16-25(19-24)12-7-8-17-29-30-21-27(20-28(30)22-31(29)33)15-6-3-9-18-32-23-26-13-4-2-5-14-26/h2,4-5,8,10-11,13-14,16-17,19-20,28-33H,3,6-7,9,12,15,18,21-23H2,1H3/t28-,29+,30-,31+/m0/s1. The minimum Gasteiger partial charge on any atom is -0.392 e. The van der Waals surface area contributed by atoms with Gasteiger partial charge in [-0.2, -0.15) is 0 Å². The molecule has 2 N–H and O–H groups in total. The third kappa shape index (κ3) is 7.16. The summed E-state index contributed by atoms with van der Waals surface area (Å²) in [5, 5.41) is 14.2. The van der Waals surface area contributed by atoms with E-state index >= 15 is 0 Å². The summed E-state index contributed by atoms with van der Waals surface area (Å²) >= 11 is 0. The fourth-order valence-corrected chi connectivity index (χ4v) is 5.77. The zero-order valence-electron chi connectivity index (χ0n) is 20.3. The van der Waals surface area contributed by atoms with E-state index in [4.69, 9.17) is 0 Å². The van der Waals surface area contributed by atoms with E-state index in [2.05, 4.69) is 85.1 Å². The van der Waals surface area contributed by atoms with Crippen molar-refractivity contribution in [1.29, 1.82) is 0 Å². The number of hydrogen-bond acceptors (Lipinski definition) is 2. The third-order valence-electron chi connectivity index (χ3n) is 7.51. The van der Waals surface area contributed by atoms with Gasteiger partial charge in [0.05, 0.1) is 6.10 Å². The molecule has 2 aliphatic rings. The molecule has 2 aromatic rings. The molecule has 0 unspecified atom stereocenters. The van der Waals surface area contributed by atoms with Crippen molar-refractivity contribution >= 4 is 0 Å². The molecule has 0 heterocycles. The van der Waals surface area contributed by atoms with Crippen molar-refractivity contribution in [3.8, 4) is 0 Å². The van der Waals surface area contributed by atoms with Crippen LogP contribution in [-0.2, 0) is 13.0 Å². The van der Waals surface area contributed by atoms with Crippen molar-refractivity contribution in [3.63, 3.8) is 0 Å². The van der Waals surface area contributed by atoms with Crippen LogP contribution in [0.25, 0.3) is 0 Å². The molecule has 4 rings (SSSR count). The Labute approximate surface area is 200 Å². The van der Waals surface area contributed by atoms with Gasteiger partial charge in [-0.25, -0.2) is 0 Å². The molecule has 1 saturated carbocycles. The maximum absolute atomic E-state index is 10.6. The molecular formula is C31H41NO. The lowest BCUT2D eigenvalue weighted by Crippen LogP contribution is -2.17. The first-order valence-corrected chi connectivity index (χ1v) is 13.0. The van der Waals surface area contributed by atoms with Crippen molar-refractivity contribution < 1.29 is 5.11 Å². The smallest absolute Gasteiger partial charge is 0.0611 e. The van der Waals surface area contributed by atoms with Crippen LogP contribution in [0.2, 0.25) is 0 Å². The summed E-state index contributed by atoms with van der Waals surface area (Å²) in [4.78, 5) is 0. The van der Waals surface area contributed by atoms with Gasteiger partial charge in [0.1, 0.15) is 0 Å².